The van der Waals surface area contributed by atoms with Gasteiger partial charge in [-0.3, -0.25) is 0 Å². The molecule has 3 aliphatic carbocycles. The van der Waals surface area contributed by atoms with Crippen LogP contribution in [0, 0.1) is 10.8 Å². The fraction of sp³-hybridized carbons (Fsp3) is 0.909. The molecule has 3 aliphatic rings. The SMILES string of the molecule is CC1(C)C[C@H](NC(=O)NC2CCCC2)C[C@](C)(CNC(=O)NC2CCCC2)C1. The molecule has 0 unspecified atom stereocenters. The molecule has 3 rings (SSSR count). The van der Waals surface area contributed by atoms with Gasteiger partial charge in [-0.05, 0) is 55.8 Å². The Hall–Kier alpha value is -1.46. The van der Waals surface area contributed by atoms with E-state index in [1.165, 1.54) is 25.7 Å². The summed E-state index contributed by atoms with van der Waals surface area (Å²) in [4.78, 5) is 24.7. The zero-order valence-electron chi connectivity index (χ0n) is 18.0. The van der Waals surface area contributed by atoms with Crippen LogP contribution in [-0.4, -0.2) is 36.7 Å². The Bertz CT molecular complexity index is 553. The van der Waals surface area contributed by atoms with Crippen molar-refractivity contribution in [1.29, 1.82) is 0 Å². The minimum Gasteiger partial charge on any atom is -0.338 e. The molecule has 0 aromatic heterocycles. The zero-order valence-corrected chi connectivity index (χ0v) is 18.0. The number of hydrogen-bond acceptors (Lipinski definition) is 2. The van der Waals surface area contributed by atoms with Crippen LogP contribution in [0.5, 0.6) is 0 Å². The first kappa shape index (κ1) is 21.3. The van der Waals surface area contributed by atoms with Crippen molar-refractivity contribution in [2.45, 2.75) is 110 Å². The largest absolute Gasteiger partial charge is 0.338 e. The Morgan fingerprint density at radius 2 is 1.25 bits per heavy atom. The Labute approximate surface area is 170 Å². The van der Waals surface area contributed by atoms with E-state index in [4.69, 9.17) is 0 Å². The minimum atomic E-state index is -0.0417. The Balaban J connectivity index is 1.49. The highest BCUT2D eigenvalue weighted by molar-refractivity contribution is 5.75. The van der Waals surface area contributed by atoms with E-state index in [0.29, 0.717) is 18.6 Å². The van der Waals surface area contributed by atoms with Crippen molar-refractivity contribution in [1.82, 2.24) is 21.3 Å². The molecule has 4 amide bonds. The maximum Gasteiger partial charge on any atom is 0.315 e. The predicted molar refractivity (Wildman–Crippen MR) is 112 cm³/mol. The molecular weight excluding hydrogens is 352 g/mol. The summed E-state index contributed by atoms with van der Waals surface area (Å²) < 4.78 is 0. The summed E-state index contributed by atoms with van der Waals surface area (Å²) in [5.74, 6) is 0. The van der Waals surface area contributed by atoms with Gasteiger partial charge in [0.1, 0.15) is 0 Å². The van der Waals surface area contributed by atoms with Gasteiger partial charge < -0.3 is 21.3 Å². The van der Waals surface area contributed by atoms with Crippen LogP contribution in [0.15, 0.2) is 0 Å². The quantitative estimate of drug-likeness (QED) is 0.569. The molecule has 6 nitrogen and oxygen atoms in total. The van der Waals surface area contributed by atoms with Crippen molar-refractivity contribution in [3.8, 4) is 0 Å². The molecule has 0 aromatic rings. The topological polar surface area (TPSA) is 82.3 Å². The Kier molecular flexibility index (Phi) is 6.77. The molecule has 4 N–H and O–H groups in total. The molecule has 0 radical (unpaired) electrons. The van der Waals surface area contributed by atoms with Crippen molar-refractivity contribution in [3.63, 3.8) is 0 Å². The third-order valence-corrected chi connectivity index (χ3v) is 6.84. The van der Waals surface area contributed by atoms with Crippen LogP contribution in [0.25, 0.3) is 0 Å². The van der Waals surface area contributed by atoms with Crippen LogP contribution in [0.3, 0.4) is 0 Å². The average molecular weight is 393 g/mol. The molecule has 0 aromatic carbocycles. The summed E-state index contributed by atoms with van der Waals surface area (Å²) >= 11 is 0. The second-order valence-electron chi connectivity index (χ2n) is 10.7. The van der Waals surface area contributed by atoms with Crippen molar-refractivity contribution in [2.75, 3.05) is 6.54 Å². The van der Waals surface area contributed by atoms with E-state index in [1.54, 1.807) is 0 Å². The number of carbonyl (C=O) groups excluding carboxylic acids is 2. The molecule has 160 valence electrons. The molecule has 3 fully saturated rings. The lowest BCUT2D eigenvalue weighted by Gasteiger charge is -2.47. The second-order valence-corrected chi connectivity index (χ2v) is 10.7. The lowest BCUT2D eigenvalue weighted by Crippen LogP contribution is -2.54. The van der Waals surface area contributed by atoms with Gasteiger partial charge in [0.2, 0.25) is 0 Å². The number of rotatable bonds is 5. The van der Waals surface area contributed by atoms with E-state index < -0.39 is 0 Å². The number of amides is 4. The predicted octanol–water partition coefficient (Wildman–Crippen LogP) is 4.06. The Morgan fingerprint density at radius 1 is 0.750 bits per heavy atom. The molecule has 2 atom stereocenters. The van der Waals surface area contributed by atoms with Crippen molar-refractivity contribution in [2.24, 2.45) is 10.8 Å². The molecule has 0 aliphatic heterocycles. The third kappa shape index (κ3) is 6.28. The first-order valence-corrected chi connectivity index (χ1v) is 11.3. The van der Waals surface area contributed by atoms with E-state index in [-0.39, 0.29) is 28.9 Å². The number of carbonyl (C=O) groups is 2. The van der Waals surface area contributed by atoms with Crippen LogP contribution in [0.1, 0.15) is 91.4 Å². The van der Waals surface area contributed by atoms with E-state index in [1.807, 2.05) is 0 Å². The zero-order chi connectivity index (χ0) is 20.2. The van der Waals surface area contributed by atoms with Gasteiger partial charge in [-0.1, -0.05) is 46.5 Å². The monoisotopic (exact) mass is 392 g/mol. The second kappa shape index (κ2) is 8.91. The fourth-order valence-electron chi connectivity index (χ4n) is 5.95. The van der Waals surface area contributed by atoms with Gasteiger partial charge in [-0.2, -0.15) is 0 Å². The van der Waals surface area contributed by atoms with Crippen LogP contribution in [-0.2, 0) is 0 Å². The molecule has 0 spiro atoms. The lowest BCUT2D eigenvalue weighted by atomic mass is 9.62. The summed E-state index contributed by atoms with van der Waals surface area (Å²) in [6, 6.07) is 0.756. The standard InChI is InChI=1S/C22H40N4O2/c1-21(2)12-18(26-20(28)25-17-10-6-7-11-17)13-22(3,14-21)15-23-19(27)24-16-8-4-5-9-16/h16-18H,4-15H2,1-3H3,(H2,23,24,27)(H2,25,26,28)/t18-,22-/m0/s1. The van der Waals surface area contributed by atoms with Crippen LogP contribution < -0.4 is 21.3 Å². The van der Waals surface area contributed by atoms with Crippen LogP contribution in [0.4, 0.5) is 9.59 Å². The first-order chi connectivity index (χ1) is 13.2. The van der Waals surface area contributed by atoms with Crippen LogP contribution in [0.2, 0.25) is 0 Å². The van der Waals surface area contributed by atoms with Crippen molar-refractivity contribution >= 4 is 12.1 Å². The van der Waals surface area contributed by atoms with Gasteiger partial charge >= 0.3 is 12.1 Å². The van der Waals surface area contributed by atoms with Gasteiger partial charge in [0.15, 0.2) is 0 Å². The molecule has 3 saturated carbocycles. The van der Waals surface area contributed by atoms with Crippen molar-refractivity contribution < 1.29 is 9.59 Å². The summed E-state index contributed by atoms with van der Waals surface area (Å²) in [7, 11) is 0. The maximum atomic E-state index is 12.4. The first-order valence-electron chi connectivity index (χ1n) is 11.3. The number of urea groups is 2. The van der Waals surface area contributed by atoms with Gasteiger partial charge in [0.25, 0.3) is 0 Å². The van der Waals surface area contributed by atoms with Gasteiger partial charge in [-0.25, -0.2) is 9.59 Å². The smallest absolute Gasteiger partial charge is 0.315 e. The highest BCUT2D eigenvalue weighted by Gasteiger charge is 2.42. The third-order valence-electron chi connectivity index (χ3n) is 6.84. The Morgan fingerprint density at radius 3 is 1.82 bits per heavy atom. The summed E-state index contributed by atoms with van der Waals surface area (Å²) in [6.07, 6.45) is 12.2. The van der Waals surface area contributed by atoms with Gasteiger partial charge in [0, 0.05) is 24.7 Å². The van der Waals surface area contributed by atoms with Crippen LogP contribution >= 0.6 is 0 Å². The molecule has 0 heterocycles. The molecule has 28 heavy (non-hydrogen) atoms. The van der Waals surface area contributed by atoms with E-state index in [0.717, 1.165) is 44.9 Å². The van der Waals surface area contributed by atoms with Gasteiger partial charge in [-0.15, -0.1) is 0 Å². The van der Waals surface area contributed by atoms with E-state index in [9.17, 15) is 9.59 Å². The molecule has 6 heteroatoms. The molecule has 0 bridgehead atoms. The molecule has 0 saturated heterocycles. The van der Waals surface area contributed by atoms with Crippen molar-refractivity contribution in [3.05, 3.63) is 0 Å². The summed E-state index contributed by atoms with van der Waals surface area (Å²) in [5, 5.41) is 12.6. The lowest BCUT2D eigenvalue weighted by molar-refractivity contribution is 0.0746. The highest BCUT2D eigenvalue weighted by atomic mass is 16.2. The number of hydrogen-bond donors (Lipinski definition) is 4. The van der Waals surface area contributed by atoms with Gasteiger partial charge in [0.05, 0.1) is 0 Å². The number of nitrogens with one attached hydrogen (secondary N) is 4. The summed E-state index contributed by atoms with van der Waals surface area (Å²) in [6.45, 7) is 7.43. The van der Waals surface area contributed by atoms with E-state index in [2.05, 4.69) is 42.0 Å². The fourth-order valence-corrected chi connectivity index (χ4v) is 5.95. The normalized spacial score (nSPS) is 30.8. The summed E-state index contributed by atoms with van der Waals surface area (Å²) in [5.41, 5.74) is 0.127. The molecular formula is C22H40N4O2. The minimum absolute atomic E-state index is 0.0138. The maximum absolute atomic E-state index is 12.4. The highest BCUT2D eigenvalue weighted by Crippen LogP contribution is 2.45. The average Bonchev–Trinajstić information content (AvgIpc) is 3.25. The van der Waals surface area contributed by atoms with E-state index >= 15 is 0 Å².